The fraction of sp³-hybridized carbons (Fsp3) is 0.900. The highest BCUT2D eigenvalue weighted by atomic mass is 16.5. The molecule has 2 fully saturated rings. The Morgan fingerprint density at radius 2 is 2.00 bits per heavy atom. The van der Waals surface area contributed by atoms with E-state index in [9.17, 15) is 0 Å². The molecule has 0 amide bonds. The Kier molecular flexibility index (Phi) is 3.35. The summed E-state index contributed by atoms with van der Waals surface area (Å²) < 4.78 is 10.6. The smallest absolute Gasteiger partial charge is 0.103 e. The van der Waals surface area contributed by atoms with E-state index in [1.54, 1.807) is 0 Å². The van der Waals surface area contributed by atoms with Gasteiger partial charge in [-0.1, -0.05) is 0 Å². The van der Waals surface area contributed by atoms with Crippen molar-refractivity contribution in [2.24, 2.45) is 5.92 Å². The van der Waals surface area contributed by atoms with E-state index in [2.05, 4.69) is 11.0 Å². The summed E-state index contributed by atoms with van der Waals surface area (Å²) in [7, 11) is 0. The van der Waals surface area contributed by atoms with Crippen molar-refractivity contribution in [3.63, 3.8) is 0 Å². The topological polar surface area (TPSA) is 45.5 Å². The van der Waals surface area contributed by atoms with Crippen LogP contribution in [-0.4, -0.2) is 50.5 Å². The first-order chi connectivity index (χ1) is 6.92. The van der Waals surface area contributed by atoms with Crippen molar-refractivity contribution in [3.05, 3.63) is 0 Å². The summed E-state index contributed by atoms with van der Waals surface area (Å²) in [5, 5.41) is 9.15. The Labute approximate surface area is 84.4 Å². The zero-order valence-corrected chi connectivity index (χ0v) is 8.32. The lowest BCUT2D eigenvalue weighted by molar-refractivity contribution is 0.0147. The third-order valence-corrected chi connectivity index (χ3v) is 2.98. The molecular weight excluding hydrogens is 180 g/mol. The van der Waals surface area contributed by atoms with Crippen molar-refractivity contribution in [2.45, 2.75) is 12.5 Å². The molecule has 2 aliphatic heterocycles. The van der Waals surface area contributed by atoms with Crippen LogP contribution in [0.15, 0.2) is 0 Å². The van der Waals surface area contributed by atoms with Crippen LogP contribution in [-0.2, 0) is 9.47 Å². The van der Waals surface area contributed by atoms with Gasteiger partial charge >= 0.3 is 0 Å². The maximum absolute atomic E-state index is 9.15. The van der Waals surface area contributed by atoms with Crippen molar-refractivity contribution in [2.75, 3.05) is 39.5 Å². The molecule has 4 nitrogen and oxygen atoms in total. The van der Waals surface area contributed by atoms with Gasteiger partial charge in [0.05, 0.1) is 25.9 Å². The van der Waals surface area contributed by atoms with Gasteiger partial charge in [0.15, 0.2) is 0 Å². The minimum Gasteiger partial charge on any atom is -0.381 e. The molecule has 0 aromatic heterocycles. The van der Waals surface area contributed by atoms with Gasteiger partial charge in [0.2, 0.25) is 0 Å². The zero-order valence-electron chi connectivity index (χ0n) is 8.32. The highest BCUT2D eigenvalue weighted by Gasteiger charge is 2.31. The van der Waals surface area contributed by atoms with Gasteiger partial charge in [-0.15, -0.1) is 0 Å². The lowest BCUT2D eigenvalue weighted by Crippen LogP contribution is -2.46. The number of hydrogen-bond acceptors (Lipinski definition) is 4. The van der Waals surface area contributed by atoms with E-state index in [4.69, 9.17) is 14.7 Å². The molecule has 4 heteroatoms. The summed E-state index contributed by atoms with van der Waals surface area (Å²) in [5.74, 6) is 0.401. The first kappa shape index (κ1) is 9.91. The molecule has 0 saturated carbocycles. The minimum absolute atomic E-state index is 0.0291. The highest BCUT2D eigenvalue weighted by molar-refractivity contribution is 4.98. The molecular formula is C10H16N2O2. The second kappa shape index (κ2) is 4.74. The molecule has 0 aromatic carbocycles. The van der Waals surface area contributed by atoms with Crippen molar-refractivity contribution in [1.29, 1.82) is 5.26 Å². The van der Waals surface area contributed by atoms with Crippen LogP contribution >= 0.6 is 0 Å². The summed E-state index contributed by atoms with van der Waals surface area (Å²) in [4.78, 5) is 2.23. The van der Waals surface area contributed by atoms with Crippen molar-refractivity contribution < 1.29 is 9.47 Å². The van der Waals surface area contributed by atoms with E-state index >= 15 is 0 Å². The van der Waals surface area contributed by atoms with E-state index < -0.39 is 0 Å². The van der Waals surface area contributed by atoms with E-state index in [0.29, 0.717) is 5.92 Å². The molecule has 0 radical (unpaired) electrons. The molecule has 2 atom stereocenters. The highest BCUT2D eigenvalue weighted by Crippen LogP contribution is 2.21. The summed E-state index contributed by atoms with van der Waals surface area (Å²) in [6, 6.07) is 2.43. The molecule has 0 spiro atoms. The fourth-order valence-electron chi connectivity index (χ4n) is 2.14. The van der Waals surface area contributed by atoms with E-state index in [-0.39, 0.29) is 6.04 Å². The SMILES string of the molecule is N#CC(C1CCOC1)N1CCOCC1. The molecule has 14 heavy (non-hydrogen) atoms. The van der Waals surface area contributed by atoms with Gasteiger partial charge in [-0.05, 0) is 6.42 Å². The van der Waals surface area contributed by atoms with Gasteiger partial charge in [0, 0.05) is 25.6 Å². The second-order valence-corrected chi connectivity index (χ2v) is 3.85. The van der Waals surface area contributed by atoms with Crippen molar-refractivity contribution in [3.8, 4) is 6.07 Å². The van der Waals surface area contributed by atoms with Crippen molar-refractivity contribution in [1.82, 2.24) is 4.90 Å². The predicted molar refractivity (Wildman–Crippen MR) is 50.7 cm³/mol. The first-order valence-corrected chi connectivity index (χ1v) is 5.21. The molecule has 0 bridgehead atoms. The van der Waals surface area contributed by atoms with Crippen LogP contribution in [0.2, 0.25) is 0 Å². The Bertz CT molecular complexity index is 215. The molecule has 2 unspecified atom stereocenters. The second-order valence-electron chi connectivity index (χ2n) is 3.85. The van der Waals surface area contributed by atoms with Crippen LogP contribution in [0.4, 0.5) is 0 Å². The predicted octanol–water partition coefficient (Wildman–Crippen LogP) is 0.247. The summed E-state index contributed by atoms with van der Waals surface area (Å²) in [6.07, 6.45) is 1.02. The maximum atomic E-state index is 9.15. The molecule has 2 aliphatic rings. The average Bonchev–Trinajstić information content (AvgIpc) is 2.74. The number of nitriles is 1. The Balaban J connectivity index is 1.93. The van der Waals surface area contributed by atoms with Crippen LogP contribution in [0, 0.1) is 17.2 Å². The third-order valence-electron chi connectivity index (χ3n) is 2.98. The Morgan fingerprint density at radius 1 is 1.21 bits per heavy atom. The summed E-state index contributed by atoms with van der Waals surface area (Å²) in [6.45, 7) is 4.84. The van der Waals surface area contributed by atoms with Gasteiger partial charge in [0.25, 0.3) is 0 Å². The lowest BCUT2D eigenvalue weighted by Gasteiger charge is -2.33. The summed E-state index contributed by atoms with van der Waals surface area (Å²) >= 11 is 0. The Hall–Kier alpha value is -0.630. The number of rotatable bonds is 2. The molecule has 2 saturated heterocycles. The van der Waals surface area contributed by atoms with Gasteiger partial charge in [0.1, 0.15) is 6.04 Å². The van der Waals surface area contributed by atoms with Gasteiger partial charge < -0.3 is 9.47 Å². The van der Waals surface area contributed by atoms with E-state index in [0.717, 1.165) is 45.9 Å². The van der Waals surface area contributed by atoms with Crippen LogP contribution in [0.5, 0.6) is 0 Å². The number of nitrogens with zero attached hydrogens (tertiary/aromatic N) is 2. The first-order valence-electron chi connectivity index (χ1n) is 5.21. The number of hydrogen-bond donors (Lipinski definition) is 0. The zero-order chi connectivity index (χ0) is 9.80. The molecule has 2 rings (SSSR count). The standard InChI is InChI=1S/C10H16N2O2/c11-7-10(9-1-4-14-8-9)12-2-5-13-6-3-12/h9-10H,1-6,8H2. The lowest BCUT2D eigenvalue weighted by atomic mass is 9.98. The third kappa shape index (κ3) is 2.06. The van der Waals surface area contributed by atoms with Crippen LogP contribution in [0.3, 0.4) is 0 Å². The molecule has 78 valence electrons. The number of morpholine rings is 1. The van der Waals surface area contributed by atoms with E-state index in [1.165, 1.54) is 0 Å². The molecule has 2 heterocycles. The van der Waals surface area contributed by atoms with Gasteiger partial charge in [-0.25, -0.2) is 0 Å². The average molecular weight is 196 g/mol. The fourth-order valence-corrected chi connectivity index (χ4v) is 2.14. The van der Waals surface area contributed by atoms with Crippen LogP contribution < -0.4 is 0 Å². The quantitative estimate of drug-likeness (QED) is 0.635. The van der Waals surface area contributed by atoms with Crippen molar-refractivity contribution >= 4 is 0 Å². The largest absolute Gasteiger partial charge is 0.381 e. The van der Waals surface area contributed by atoms with Crippen LogP contribution in [0.1, 0.15) is 6.42 Å². The van der Waals surface area contributed by atoms with Crippen LogP contribution in [0.25, 0.3) is 0 Å². The Morgan fingerprint density at radius 3 is 2.57 bits per heavy atom. The van der Waals surface area contributed by atoms with Gasteiger partial charge in [-0.3, -0.25) is 4.90 Å². The minimum atomic E-state index is 0.0291. The number of ether oxygens (including phenoxy) is 2. The molecule has 0 N–H and O–H groups in total. The molecule has 0 aliphatic carbocycles. The van der Waals surface area contributed by atoms with Gasteiger partial charge in [-0.2, -0.15) is 5.26 Å². The summed E-state index contributed by atoms with van der Waals surface area (Å²) in [5.41, 5.74) is 0. The normalized spacial score (nSPS) is 31.2. The molecule has 0 aromatic rings. The van der Waals surface area contributed by atoms with E-state index in [1.807, 2.05) is 0 Å². The maximum Gasteiger partial charge on any atom is 0.103 e. The monoisotopic (exact) mass is 196 g/mol.